The van der Waals surface area contributed by atoms with Crippen molar-refractivity contribution in [3.8, 4) is 11.6 Å². The van der Waals surface area contributed by atoms with E-state index in [4.69, 9.17) is 16.3 Å². The van der Waals surface area contributed by atoms with Crippen LogP contribution in [0, 0.1) is 6.92 Å². The summed E-state index contributed by atoms with van der Waals surface area (Å²) in [7, 11) is 0. The fraction of sp³-hybridized carbons (Fsp3) is 0.0909. The van der Waals surface area contributed by atoms with Gasteiger partial charge in [0.25, 0.3) is 0 Å². The van der Waals surface area contributed by atoms with E-state index in [1.165, 1.54) is 6.33 Å². The highest BCUT2D eigenvalue weighted by Gasteiger charge is 2.07. The number of aryl methyl sites for hydroxylation is 1. The smallest absolute Gasteiger partial charge is 0.236 e. The van der Waals surface area contributed by atoms with Gasteiger partial charge in [-0.1, -0.05) is 17.7 Å². The first-order chi connectivity index (χ1) is 7.66. The predicted octanol–water partition coefficient (Wildman–Crippen LogP) is 3.99. The molecule has 0 N–H and O–H groups in total. The van der Waals surface area contributed by atoms with E-state index < -0.39 is 0 Å². The third kappa shape index (κ3) is 2.51. The molecule has 0 amide bonds. The maximum Gasteiger partial charge on any atom is 0.236 e. The number of aromatic nitrogens is 2. The summed E-state index contributed by atoms with van der Waals surface area (Å²) in [5, 5.41) is 0.552. The fourth-order valence-electron chi connectivity index (χ4n) is 1.17. The molecule has 0 saturated heterocycles. The van der Waals surface area contributed by atoms with Gasteiger partial charge in [-0.3, -0.25) is 0 Å². The zero-order valence-corrected chi connectivity index (χ0v) is 10.8. The minimum atomic E-state index is 0.447. The van der Waals surface area contributed by atoms with Crippen molar-refractivity contribution < 1.29 is 4.74 Å². The average Bonchev–Trinajstić information content (AvgIpc) is 2.27. The van der Waals surface area contributed by atoms with Crippen LogP contribution in [0.5, 0.6) is 11.6 Å². The number of nitrogens with zero attached hydrogens (tertiary/aromatic N) is 2. The lowest BCUT2D eigenvalue weighted by atomic mass is 10.2. The Labute approximate surface area is 107 Å². The summed E-state index contributed by atoms with van der Waals surface area (Å²) in [6.45, 7) is 1.97. The molecule has 0 aliphatic rings. The zero-order chi connectivity index (χ0) is 11.5. The molecule has 0 atom stereocenters. The fourth-order valence-corrected chi connectivity index (χ4v) is 1.63. The highest BCUT2D eigenvalue weighted by molar-refractivity contribution is 9.10. The molecule has 1 heterocycles. The maximum absolute atomic E-state index is 6.01. The molecule has 3 nitrogen and oxygen atoms in total. The third-order valence-electron chi connectivity index (χ3n) is 1.93. The van der Waals surface area contributed by atoms with E-state index in [0.717, 1.165) is 5.56 Å². The van der Waals surface area contributed by atoms with Crippen molar-refractivity contribution in [2.75, 3.05) is 0 Å². The van der Waals surface area contributed by atoms with Crippen LogP contribution < -0.4 is 4.74 Å². The van der Waals surface area contributed by atoms with Crippen molar-refractivity contribution in [2.24, 2.45) is 0 Å². The van der Waals surface area contributed by atoms with Gasteiger partial charge in [-0.05, 0) is 40.5 Å². The van der Waals surface area contributed by atoms with Crippen LogP contribution in [-0.4, -0.2) is 9.97 Å². The molecule has 0 saturated carbocycles. The molecular weight excluding hydrogens is 291 g/mol. The Morgan fingerprint density at radius 3 is 2.94 bits per heavy atom. The minimum absolute atomic E-state index is 0.447. The second-order valence-corrected chi connectivity index (χ2v) is 4.47. The van der Waals surface area contributed by atoms with E-state index in [2.05, 4.69) is 25.9 Å². The molecule has 0 spiro atoms. The Morgan fingerprint density at radius 2 is 2.19 bits per heavy atom. The van der Waals surface area contributed by atoms with Crippen LogP contribution in [0.4, 0.5) is 0 Å². The standard InChI is InChI=1S/C11H8BrClN2O/c1-7-2-3-9(13)10(4-7)16-11-8(12)5-14-6-15-11/h2-6H,1H3. The minimum Gasteiger partial charge on any atom is -0.436 e. The van der Waals surface area contributed by atoms with Gasteiger partial charge in [0.2, 0.25) is 5.88 Å². The van der Waals surface area contributed by atoms with Crippen molar-refractivity contribution in [3.63, 3.8) is 0 Å². The molecule has 0 unspecified atom stereocenters. The lowest BCUT2D eigenvalue weighted by molar-refractivity contribution is 0.458. The zero-order valence-electron chi connectivity index (χ0n) is 8.45. The highest BCUT2D eigenvalue weighted by atomic mass is 79.9. The van der Waals surface area contributed by atoms with E-state index in [1.807, 2.05) is 19.1 Å². The van der Waals surface area contributed by atoms with Crippen molar-refractivity contribution in [2.45, 2.75) is 6.92 Å². The number of ether oxygens (including phenoxy) is 1. The van der Waals surface area contributed by atoms with Crippen molar-refractivity contribution in [1.82, 2.24) is 9.97 Å². The SMILES string of the molecule is Cc1ccc(Cl)c(Oc2ncncc2Br)c1. The Hall–Kier alpha value is -1.13. The van der Waals surface area contributed by atoms with Crippen molar-refractivity contribution >= 4 is 27.5 Å². The molecular formula is C11H8BrClN2O. The van der Waals surface area contributed by atoms with Crippen LogP contribution in [0.1, 0.15) is 5.56 Å². The van der Waals surface area contributed by atoms with E-state index in [1.54, 1.807) is 12.3 Å². The second kappa shape index (κ2) is 4.80. The van der Waals surface area contributed by atoms with Gasteiger partial charge in [-0.15, -0.1) is 0 Å². The van der Waals surface area contributed by atoms with Crippen LogP contribution >= 0.6 is 27.5 Å². The molecule has 2 aromatic rings. The summed E-state index contributed by atoms with van der Waals surface area (Å²) in [5.41, 5.74) is 1.07. The first kappa shape index (κ1) is 11.4. The summed E-state index contributed by atoms with van der Waals surface area (Å²) in [4.78, 5) is 7.86. The molecule has 5 heteroatoms. The monoisotopic (exact) mass is 298 g/mol. The van der Waals surface area contributed by atoms with Crippen molar-refractivity contribution in [1.29, 1.82) is 0 Å². The van der Waals surface area contributed by atoms with Crippen LogP contribution in [0.15, 0.2) is 35.2 Å². The molecule has 16 heavy (non-hydrogen) atoms. The van der Waals surface area contributed by atoms with Crippen LogP contribution in [0.2, 0.25) is 5.02 Å². The predicted molar refractivity (Wildman–Crippen MR) is 66.0 cm³/mol. The molecule has 0 bridgehead atoms. The molecule has 0 aliphatic heterocycles. The number of hydrogen-bond acceptors (Lipinski definition) is 3. The molecule has 0 aliphatic carbocycles. The Morgan fingerprint density at radius 1 is 1.38 bits per heavy atom. The molecule has 2 rings (SSSR count). The highest BCUT2D eigenvalue weighted by Crippen LogP contribution is 2.32. The van der Waals surface area contributed by atoms with Gasteiger partial charge in [-0.25, -0.2) is 9.97 Å². The summed E-state index contributed by atoms with van der Waals surface area (Å²) in [6, 6.07) is 5.57. The number of rotatable bonds is 2. The topological polar surface area (TPSA) is 35.0 Å². The summed E-state index contributed by atoms with van der Waals surface area (Å²) in [6.07, 6.45) is 3.04. The van der Waals surface area contributed by atoms with E-state index >= 15 is 0 Å². The van der Waals surface area contributed by atoms with Gasteiger partial charge >= 0.3 is 0 Å². The lowest BCUT2D eigenvalue weighted by Gasteiger charge is -2.08. The lowest BCUT2D eigenvalue weighted by Crippen LogP contribution is -1.91. The third-order valence-corrected chi connectivity index (χ3v) is 2.78. The first-order valence-electron chi connectivity index (χ1n) is 4.56. The Bertz CT molecular complexity index is 519. The van der Waals surface area contributed by atoms with E-state index in [0.29, 0.717) is 21.1 Å². The largest absolute Gasteiger partial charge is 0.436 e. The van der Waals surface area contributed by atoms with Crippen LogP contribution in [-0.2, 0) is 0 Å². The number of hydrogen-bond donors (Lipinski definition) is 0. The quantitative estimate of drug-likeness (QED) is 0.841. The van der Waals surface area contributed by atoms with Crippen LogP contribution in [0.3, 0.4) is 0 Å². The van der Waals surface area contributed by atoms with Gasteiger partial charge in [0.1, 0.15) is 12.1 Å². The van der Waals surface area contributed by atoms with Gasteiger partial charge in [0, 0.05) is 6.20 Å². The van der Waals surface area contributed by atoms with Gasteiger partial charge < -0.3 is 4.74 Å². The maximum atomic E-state index is 6.01. The number of benzene rings is 1. The summed E-state index contributed by atoms with van der Waals surface area (Å²) in [5.74, 6) is 1.03. The Kier molecular flexibility index (Phi) is 3.41. The van der Waals surface area contributed by atoms with Gasteiger partial charge in [-0.2, -0.15) is 0 Å². The molecule has 0 fully saturated rings. The van der Waals surface area contributed by atoms with E-state index in [-0.39, 0.29) is 0 Å². The average molecular weight is 300 g/mol. The molecule has 82 valence electrons. The second-order valence-electron chi connectivity index (χ2n) is 3.21. The van der Waals surface area contributed by atoms with Crippen LogP contribution in [0.25, 0.3) is 0 Å². The normalized spacial score (nSPS) is 10.2. The summed E-state index contributed by atoms with van der Waals surface area (Å²) >= 11 is 9.32. The Balaban J connectivity index is 2.34. The van der Waals surface area contributed by atoms with E-state index in [9.17, 15) is 0 Å². The van der Waals surface area contributed by atoms with Gasteiger partial charge in [0.05, 0.1) is 9.50 Å². The first-order valence-corrected chi connectivity index (χ1v) is 5.73. The molecule has 1 aromatic carbocycles. The van der Waals surface area contributed by atoms with Crippen molar-refractivity contribution in [3.05, 3.63) is 45.8 Å². The number of halogens is 2. The molecule has 0 radical (unpaired) electrons. The molecule has 1 aromatic heterocycles. The van der Waals surface area contributed by atoms with Gasteiger partial charge in [0.15, 0.2) is 0 Å². The summed E-state index contributed by atoms with van der Waals surface area (Å²) < 4.78 is 6.28.